The minimum absolute atomic E-state index is 0.438. The van der Waals surface area contributed by atoms with E-state index < -0.39 is 12.7 Å². The SMILES string of the molecule is CN(C)CCCCNCC(F)(F)F. The van der Waals surface area contributed by atoms with Gasteiger partial charge in [0.1, 0.15) is 0 Å². The first-order chi connectivity index (χ1) is 5.92. The Morgan fingerprint density at radius 1 is 1.15 bits per heavy atom. The summed E-state index contributed by atoms with van der Waals surface area (Å²) in [5, 5.41) is 2.36. The number of alkyl halides is 3. The third-order valence-corrected chi connectivity index (χ3v) is 1.53. The van der Waals surface area contributed by atoms with Gasteiger partial charge in [0.05, 0.1) is 6.54 Å². The largest absolute Gasteiger partial charge is 0.401 e. The van der Waals surface area contributed by atoms with Gasteiger partial charge < -0.3 is 10.2 Å². The second kappa shape index (κ2) is 6.21. The summed E-state index contributed by atoms with van der Waals surface area (Å²) in [6, 6.07) is 0. The molecule has 0 spiro atoms. The number of unbranched alkanes of at least 4 members (excludes halogenated alkanes) is 1. The van der Waals surface area contributed by atoms with Crippen molar-refractivity contribution in [3.05, 3.63) is 0 Å². The van der Waals surface area contributed by atoms with E-state index in [0.717, 1.165) is 19.4 Å². The minimum Gasteiger partial charge on any atom is -0.309 e. The average molecular weight is 198 g/mol. The predicted molar refractivity (Wildman–Crippen MR) is 46.7 cm³/mol. The number of hydrogen-bond donors (Lipinski definition) is 1. The lowest BCUT2D eigenvalue weighted by molar-refractivity contribution is -0.124. The van der Waals surface area contributed by atoms with Gasteiger partial charge >= 0.3 is 6.18 Å². The molecule has 0 saturated carbocycles. The van der Waals surface area contributed by atoms with Crippen LogP contribution in [-0.2, 0) is 0 Å². The summed E-state index contributed by atoms with van der Waals surface area (Å²) in [7, 11) is 3.90. The molecule has 0 aliphatic carbocycles. The van der Waals surface area contributed by atoms with Gasteiger partial charge in [0.2, 0.25) is 0 Å². The maximum Gasteiger partial charge on any atom is 0.401 e. The Morgan fingerprint density at radius 2 is 1.77 bits per heavy atom. The van der Waals surface area contributed by atoms with Gasteiger partial charge in [0.25, 0.3) is 0 Å². The van der Waals surface area contributed by atoms with E-state index in [9.17, 15) is 13.2 Å². The van der Waals surface area contributed by atoms with Crippen molar-refractivity contribution in [2.24, 2.45) is 0 Å². The molecule has 0 atom stereocenters. The Kier molecular flexibility index (Phi) is 6.07. The summed E-state index contributed by atoms with van der Waals surface area (Å²) >= 11 is 0. The summed E-state index contributed by atoms with van der Waals surface area (Å²) in [5.41, 5.74) is 0. The molecule has 1 N–H and O–H groups in total. The first-order valence-electron chi connectivity index (χ1n) is 4.34. The Balaban J connectivity index is 3.09. The number of nitrogens with one attached hydrogen (secondary N) is 1. The van der Waals surface area contributed by atoms with Crippen LogP contribution in [0.3, 0.4) is 0 Å². The molecule has 13 heavy (non-hydrogen) atoms. The van der Waals surface area contributed by atoms with Gasteiger partial charge in [-0.25, -0.2) is 0 Å². The lowest BCUT2D eigenvalue weighted by Gasteiger charge is -2.10. The van der Waals surface area contributed by atoms with Crippen molar-refractivity contribution in [3.63, 3.8) is 0 Å². The molecule has 0 aromatic heterocycles. The highest BCUT2D eigenvalue weighted by Gasteiger charge is 2.25. The first-order valence-corrected chi connectivity index (χ1v) is 4.34. The lowest BCUT2D eigenvalue weighted by Crippen LogP contribution is -2.29. The molecule has 0 saturated heterocycles. The van der Waals surface area contributed by atoms with Crippen molar-refractivity contribution in [3.8, 4) is 0 Å². The molecule has 0 fully saturated rings. The van der Waals surface area contributed by atoms with Crippen molar-refractivity contribution >= 4 is 0 Å². The molecule has 0 aliphatic heterocycles. The summed E-state index contributed by atoms with van der Waals surface area (Å²) < 4.78 is 34.9. The Labute approximate surface area is 77.1 Å². The minimum atomic E-state index is -4.08. The van der Waals surface area contributed by atoms with Crippen LogP contribution in [0.5, 0.6) is 0 Å². The van der Waals surface area contributed by atoms with E-state index >= 15 is 0 Å². The molecule has 0 radical (unpaired) electrons. The smallest absolute Gasteiger partial charge is 0.309 e. The van der Waals surface area contributed by atoms with E-state index in [0.29, 0.717) is 6.54 Å². The van der Waals surface area contributed by atoms with Gasteiger partial charge in [-0.3, -0.25) is 0 Å². The number of hydrogen-bond acceptors (Lipinski definition) is 2. The van der Waals surface area contributed by atoms with E-state index in [1.807, 2.05) is 19.0 Å². The molecular weight excluding hydrogens is 181 g/mol. The second-order valence-corrected chi connectivity index (χ2v) is 3.30. The second-order valence-electron chi connectivity index (χ2n) is 3.30. The Morgan fingerprint density at radius 3 is 2.23 bits per heavy atom. The highest BCUT2D eigenvalue weighted by molar-refractivity contribution is 4.56. The third kappa shape index (κ3) is 11.7. The van der Waals surface area contributed by atoms with Crippen molar-refractivity contribution in [2.45, 2.75) is 19.0 Å². The molecule has 0 amide bonds. The van der Waals surface area contributed by atoms with Crippen LogP contribution in [0.4, 0.5) is 13.2 Å². The van der Waals surface area contributed by atoms with Crippen molar-refractivity contribution in [1.29, 1.82) is 0 Å². The van der Waals surface area contributed by atoms with Gasteiger partial charge in [-0.2, -0.15) is 13.2 Å². The number of halogens is 3. The zero-order valence-electron chi connectivity index (χ0n) is 8.12. The lowest BCUT2D eigenvalue weighted by atomic mass is 10.3. The van der Waals surface area contributed by atoms with Crippen LogP contribution in [0.2, 0.25) is 0 Å². The summed E-state index contributed by atoms with van der Waals surface area (Å²) in [4.78, 5) is 2.02. The molecule has 5 heteroatoms. The number of rotatable bonds is 6. The van der Waals surface area contributed by atoms with Gasteiger partial charge in [-0.15, -0.1) is 0 Å². The van der Waals surface area contributed by atoms with Crippen LogP contribution in [0, 0.1) is 0 Å². The van der Waals surface area contributed by atoms with E-state index in [-0.39, 0.29) is 0 Å². The monoisotopic (exact) mass is 198 g/mol. The fourth-order valence-electron chi connectivity index (χ4n) is 0.908. The van der Waals surface area contributed by atoms with Crippen LogP contribution < -0.4 is 5.32 Å². The van der Waals surface area contributed by atoms with Gasteiger partial charge in [-0.1, -0.05) is 0 Å². The van der Waals surface area contributed by atoms with Crippen molar-refractivity contribution in [1.82, 2.24) is 10.2 Å². The summed E-state index contributed by atoms with van der Waals surface area (Å²) in [5.74, 6) is 0. The van der Waals surface area contributed by atoms with Gasteiger partial charge in [0, 0.05) is 0 Å². The van der Waals surface area contributed by atoms with Crippen LogP contribution in [-0.4, -0.2) is 44.8 Å². The third-order valence-electron chi connectivity index (χ3n) is 1.53. The fourth-order valence-corrected chi connectivity index (χ4v) is 0.908. The zero-order valence-corrected chi connectivity index (χ0v) is 8.12. The van der Waals surface area contributed by atoms with Gasteiger partial charge in [0.15, 0.2) is 0 Å². The zero-order chi connectivity index (χ0) is 10.3. The van der Waals surface area contributed by atoms with Crippen LogP contribution in [0.25, 0.3) is 0 Å². The van der Waals surface area contributed by atoms with E-state index in [1.54, 1.807) is 0 Å². The van der Waals surface area contributed by atoms with Crippen LogP contribution in [0.1, 0.15) is 12.8 Å². The number of nitrogens with zero attached hydrogens (tertiary/aromatic N) is 1. The highest BCUT2D eigenvalue weighted by Crippen LogP contribution is 2.11. The normalized spacial score (nSPS) is 12.5. The molecule has 0 aromatic carbocycles. The van der Waals surface area contributed by atoms with Gasteiger partial charge in [-0.05, 0) is 40.0 Å². The molecule has 80 valence electrons. The molecule has 0 unspecified atom stereocenters. The van der Waals surface area contributed by atoms with Crippen molar-refractivity contribution < 1.29 is 13.2 Å². The fraction of sp³-hybridized carbons (Fsp3) is 1.00. The van der Waals surface area contributed by atoms with Crippen LogP contribution in [0.15, 0.2) is 0 Å². The molecule has 2 nitrogen and oxygen atoms in total. The molecule has 0 bridgehead atoms. The highest BCUT2D eigenvalue weighted by atomic mass is 19.4. The molecular formula is C8H17F3N2. The van der Waals surface area contributed by atoms with E-state index in [1.165, 1.54) is 0 Å². The van der Waals surface area contributed by atoms with E-state index in [2.05, 4.69) is 5.32 Å². The maximum absolute atomic E-state index is 11.6. The molecule has 0 heterocycles. The topological polar surface area (TPSA) is 15.3 Å². The Bertz CT molecular complexity index is 123. The molecule has 0 aliphatic rings. The molecule has 0 rings (SSSR count). The van der Waals surface area contributed by atoms with Crippen molar-refractivity contribution in [2.75, 3.05) is 33.7 Å². The molecule has 0 aromatic rings. The summed E-state index contributed by atoms with van der Waals surface area (Å²) in [6.45, 7) is 0.482. The quantitative estimate of drug-likeness (QED) is 0.650. The first kappa shape index (κ1) is 12.7. The standard InChI is InChI=1S/C8H17F3N2/c1-13(2)6-4-3-5-12-7-8(9,10)11/h12H,3-7H2,1-2H3. The van der Waals surface area contributed by atoms with Crippen LogP contribution >= 0.6 is 0 Å². The summed E-state index contributed by atoms with van der Waals surface area (Å²) in [6.07, 6.45) is -2.37. The predicted octanol–water partition coefficient (Wildman–Crippen LogP) is 1.48. The van der Waals surface area contributed by atoms with E-state index in [4.69, 9.17) is 0 Å². The Hall–Kier alpha value is -0.290. The maximum atomic E-state index is 11.6. The average Bonchev–Trinajstić information content (AvgIpc) is 1.93.